The minimum absolute atomic E-state index is 0.138. The zero-order valence-corrected chi connectivity index (χ0v) is 23.5. The summed E-state index contributed by atoms with van der Waals surface area (Å²) in [5.41, 5.74) is 0. The van der Waals surface area contributed by atoms with E-state index >= 15 is 0 Å². The van der Waals surface area contributed by atoms with E-state index in [2.05, 4.69) is 6.92 Å². The fourth-order valence-electron chi connectivity index (χ4n) is 3.58. The summed E-state index contributed by atoms with van der Waals surface area (Å²) in [4.78, 5) is 12.0. The number of hydrogen-bond donors (Lipinski definition) is 1. The maximum Gasteiger partial charge on any atom is 0.697 e. The summed E-state index contributed by atoms with van der Waals surface area (Å²) >= 11 is 0. The lowest BCUT2D eigenvalue weighted by Gasteiger charge is -2.21. The Hall–Kier alpha value is -0.590. The van der Waals surface area contributed by atoms with Gasteiger partial charge in [-0.15, -0.1) is 9.05 Å². The molecule has 1 N–H and O–H groups in total. The Balaban J connectivity index is 3.56. The minimum atomic E-state index is -2.29. The van der Waals surface area contributed by atoms with Crippen LogP contribution in [0.15, 0.2) is 0 Å². The molecule has 2 atom stereocenters. The van der Waals surface area contributed by atoms with E-state index in [1.165, 1.54) is 77.0 Å². The third-order valence-electron chi connectivity index (χ3n) is 5.81. The van der Waals surface area contributed by atoms with Crippen molar-refractivity contribution < 1.29 is 32.7 Å². The van der Waals surface area contributed by atoms with Crippen molar-refractivity contribution in [1.82, 2.24) is 0 Å². The Morgan fingerprint density at radius 2 is 1.26 bits per heavy atom. The molecule has 0 aliphatic rings. The summed E-state index contributed by atoms with van der Waals surface area (Å²) in [7, 11) is 3.74. The number of aliphatic hydroxyl groups is 1. The van der Waals surface area contributed by atoms with Gasteiger partial charge in [0.25, 0.3) is 0 Å². The number of esters is 1. The molecule has 0 aromatic heterocycles. The van der Waals surface area contributed by atoms with Crippen molar-refractivity contribution in [1.29, 1.82) is 0 Å². The van der Waals surface area contributed by atoms with Crippen molar-refractivity contribution >= 4 is 14.2 Å². The average Bonchev–Trinajstić information content (AvgIpc) is 2.78. The van der Waals surface area contributed by atoms with E-state index in [0.29, 0.717) is 24.1 Å². The molecule has 2 unspecified atom stereocenters. The number of ether oxygens (including phenoxy) is 1. The van der Waals surface area contributed by atoms with Crippen molar-refractivity contribution in [2.24, 2.45) is 0 Å². The van der Waals surface area contributed by atoms with Gasteiger partial charge in [0.1, 0.15) is 13.2 Å². The molecule has 202 valence electrons. The number of quaternary nitrogens is 1. The van der Waals surface area contributed by atoms with Gasteiger partial charge in [0.2, 0.25) is 0 Å². The van der Waals surface area contributed by atoms with Gasteiger partial charge < -0.3 is 14.3 Å². The molecule has 0 heterocycles. The van der Waals surface area contributed by atoms with E-state index in [0.717, 1.165) is 19.3 Å². The van der Waals surface area contributed by atoms with Crippen LogP contribution in [0.25, 0.3) is 0 Å². The maximum absolute atomic E-state index is 12.0. The van der Waals surface area contributed by atoms with Gasteiger partial charge in [-0.2, -0.15) is 0 Å². The Morgan fingerprint density at radius 3 is 1.71 bits per heavy atom. The molecule has 0 bridgehead atoms. The van der Waals surface area contributed by atoms with Crippen LogP contribution in [0.1, 0.15) is 110 Å². The third-order valence-corrected chi connectivity index (χ3v) is 6.56. The molecule has 0 fully saturated rings. The Morgan fingerprint density at radius 1 is 0.794 bits per heavy atom. The zero-order valence-electron chi connectivity index (χ0n) is 22.6. The molecule has 0 saturated carbocycles. The van der Waals surface area contributed by atoms with Crippen LogP contribution < -0.4 is 0 Å². The van der Waals surface area contributed by atoms with Gasteiger partial charge in [0.15, 0.2) is 12.7 Å². The fraction of sp³-hybridized carbons (Fsp3) is 0.962. The number of hydrogen-bond acceptors (Lipinski definition) is 6. The number of carbonyl (C=O) groups is 1. The first-order chi connectivity index (χ1) is 16.3. The van der Waals surface area contributed by atoms with Crippen molar-refractivity contribution in [3.8, 4) is 0 Å². The quantitative estimate of drug-likeness (QED) is 0.0653. The second-order valence-corrected chi connectivity index (χ2v) is 11.3. The summed E-state index contributed by atoms with van der Waals surface area (Å²) in [5, 5.41) is 9.38. The van der Waals surface area contributed by atoms with Crippen LogP contribution in [0.2, 0.25) is 0 Å². The van der Waals surface area contributed by atoms with E-state index in [9.17, 15) is 14.5 Å². The standard InChI is InChI=1S/C26H54NO6P/c1-5-6-7-8-9-10-11-12-13-14-15-16-17-18-19-20-26(29)33-25(23-28)24-32-34(30)31-22-21-27(2,3)4/h25,28H,5-24H2,1-4H3/q+2. The highest BCUT2D eigenvalue weighted by atomic mass is 31.1. The second-order valence-electron chi connectivity index (χ2n) is 10.4. The molecule has 0 aromatic rings. The molecule has 7 nitrogen and oxygen atoms in total. The molecular weight excluding hydrogens is 453 g/mol. The monoisotopic (exact) mass is 507 g/mol. The number of likely N-dealkylation sites (N-methyl/N-ethyl adjacent to an activating group) is 1. The second kappa shape index (κ2) is 22.8. The summed E-state index contributed by atoms with van der Waals surface area (Å²) < 4.78 is 27.9. The van der Waals surface area contributed by atoms with E-state index in [-0.39, 0.29) is 19.2 Å². The summed E-state index contributed by atoms with van der Waals surface area (Å²) in [5.74, 6) is -0.349. The van der Waals surface area contributed by atoms with E-state index < -0.39 is 14.4 Å². The topological polar surface area (TPSA) is 82.1 Å². The molecule has 0 saturated heterocycles. The Kier molecular flexibility index (Phi) is 22.5. The first-order valence-corrected chi connectivity index (χ1v) is 14.7. The van der Waals surface area contributed by atoms with Crippen LogP contribution in [0.3, 0.4) is 0 Å². The van der Waals surface area contributed by atoms with Gasteiger partial charge >= 0.3 is 14.2 Å². The van der Waals surface area contributed by atoms with Crippen molar-refractivity contribution in [3.63, 3.8) is 0 Å². The van der Waals surface area contributed by atoms with Crippen molar-refractivity contribution in [3.05, 3.63) is 0 Å². The van der Waals surface area contributed by atoms with Crippen LogP contribution in [0, 0.1) is 0 Å². The van der Waals surface area contributed by atoms with Crippen LogP contribution >= 0.6 is 8.25 Å². The van der Waals surface area contributed by atoms with Crippen LogP contribution in [0.5, 0.6) is 0 Å². The number of unbranched alkanes of at least 4 members (excludes halogenated alkanes) is 14. The molecule has 0 spiro atoms. The van der Waals surface area contributed by atoms with Gasteiger partial charge in [-0.05, 0) is 6.42 Å². The SMILES string of the molecule is CCCCCCCCCCCCCCCCCC(=O)OC(CO)CO[P+](=O)OCC[N+](C)(C)C. The lowest BCUT2D eigenvalue weighted by atomic mass is 10.0. The maximum atomic E-state index is 12.0. The molecule has 0 aliphatic carbocycles. The van der Waals surface area contributed by atoms with Crippen LogP contribution in [-0.2, 0) is 23.1 Å². The van der Waals surface area contributed by atoms with Gasteiger partial charge in [-0.1, -0.05) is 96.8 Å². The van der Waals surface area contributed by atoms with Gasteiger partial charge in [-0.25, -0.2) is 0 Å². The number of carbonyl (C=O) groups excluding carboxylic acids is 1. The highest BCUT2D eigenvalue weighted by molar-refractivity contribution is 7.33. The number of aliphatic hydroxyl groups excluding tert-OH is 1. The highest BCUT2D eigenvalue weighted by Crippen LogP contribution is 2.24. The highest BCUT2D eigenvalue weighted by Gasteiger charge is 2.26. The van der Waals surface area contributed by atoms with Gasteiger partial charge in [0.05, 0.1) is 27.7 Å². The number of nitrogens with zero attached hydrogens (tertiary/aromatic N) is 1. The largest absolute Gasteiger partial charge is 0.697 e. The first-order valence-electron chi connectivity index (χ1n) is 13.6. The third kappa shape index (κ3) is 24.5. The van der Waals surface area contributed by atoms with E-state index in [4.69, 9.17) is 13.8 Å². The summed E-state index contributed by atoms with van der Waals surface area (Å²) in [6.45, 7) is 2.76. The van der Waals surface area contributed by atoms with Crippen LogP contribution in [0.4, 0.5) is 0 Å². The molecule has 34 heavy (non-hydrogen) atoms. The Labute approximate surface area is 210 Å². The number of rotatable bonds is 25. The molecular formula is C26H54NO6P+2. The zero-order chi connectivity index (χ0) is 25.5. The predicted molar refractivity (Wildman–Crippen MR) is 139 cm³/mol. The minimum Gasteiger partial charge on any atom is -0.457 e. The smallest absolute Gasteiger partial charge is 0.457 e. The van der Waals surface area contributed by atoms with E-state index in [1.807, 2.05) is 21.1 Å². The molecule has 0 amide bonds. The normalized spacial score (nSPS) is 13.1. The molecule has 0 aromatic carbocycles. The average molecular weight is 508 g/mol. The van der Waals surface area contributed by atoms with Crippen molar-refractivity contribution in [2.45, 2.75) is 116 Å². The summed E-state index contributed by atoms with van der Waals surface area (Å²) in [6, 6.07) is 0. The lowest BCUT2D eigenvalue weighted by molar-refractivity contribution is -0.870. The molecule has 0 rings (SSSR count). The van der Waals surface area contributed by atoms with Gasteiger partial charge in [0, 0.05) is 11.0 Å². The molecule has 8 heteroatoms. The summed E-state index contributed by atoms with van der Waals surface area (Å²) in [6.07, 6.45) is 18.7. The Bertz CT molecular complexity index is 498. The van der Waals surface area contributed by atoms with E-state index in [1.54, 1.807) is 0 Å². The predicted octanol–water partition coefficient (Wildman–Crippen LogP) is 6.55. The first kappa shape index (κ1) is 33.4. The lowest BCUT2D eigenvalue weighted by Crippen LogP contribution is -2.37. The molecule has 0 radical (unpaired) electrons. The fourth-order valence-corrected chi connectivity index (χ4v) is 4.17. The van der Waals surface area contributed by atoms with Crippen molar-refractivity contribution in [2.75, 3.05) is 47.5 Å². The van der Waals surface area contributed by atoms with Gasteiger partial charge in [-0.3, -0.25) is 4.79 Å². The molecule has 0 aliphatic heterocycles. The van der Waals surface area contributed by atoms with Crippen LogP contribution in [-0.4, -0.2) is 69.2 Å².